The molecule has 1 aromatic heterocycles. The number of unbranched alkanes of at least 4 members (excludes halogenated alkanes) is 1. The van der Waals surface area contributed by atoms with E-state index in [9.17, 15) is 0 Å². The smallest absolute Gasteiger partial charge is 0.0300 e. The number of benzene rings is 1. The number of hydrogen-bond donors (Lipinski definition) is 1. The van der Waals surface area contributed by atoms with Crippen LogP contribution < -0.4 is 5.32 Å². The van der Waals surface area contributed by atoms with Gasteiger partial charge in [-0.1, -0.05) is 37.6 Å². The highest BCUT2D eigenvalue weighted by molar-refractivity contribution is 5.26. The molecular weight excluding hydrogens is 256 g/mol. The minimum Gasteiger partial charge on any atom is -0.306 e. The Bertz CT molecular complexity index is 546. The first-order valence-electron chi connectivity index (χ1n) is 7.92. The average molecular weight is 282 g/mol. The van der Waals surface area contributed by atoms with Gasteiger partial charge in [0, 0.05) is 25.0 Å². The molecule has 1 unspecified atom stereocenters. The molecule has 1 aromatic carbocycles. The van der Waals surface area contributed by atoms with Crippen LogP contribution in [0.3, 0.4) is 0 Å². The second-order valence-corrected chi connectivity index (χ2v) is 5.75. The number of aryl methyl sites for hydroxylation is 2. The van der Waals surface area contributed by atoms with Gasteiger partial charge in [0.1, 0.15) is 0 Å². The van der Waals surface area contributed by atoms with E-state index in [1.54, 1.807) is 0 Å². The summed E-state index contributed by atoms with van der Waals surface area (Å²) in [4.78, 5) is 4.14. The van der Waals surface area contributed by atoms with E-state index in [-0.39, 0.29) is 0 Å². The van der Waals surface area contributed by atoms with Gasteiger partial charge in [-0.15, -0.1) is 0 Å². The Morgan fingerprint density at radius 1 is 1.14 bits per heavy atom. The first kappa shape index (κ1) is 15.7. The van der Waals surface area contributed by atoms with E-state index in [1.165, 1.54) is 41.5 Å². The number of nitrogens with one attached hydrogen (secondary N) is 1. The van der Waals surface area contributed by atoms with Crippen molar-refractivity contribution in [2.75, 3.05) is 0 Å². The highest BCUT2D eigenvalue weighted by atomic mass is 14.9. The summed E-state index contributed by atoms with van der Waals surface area (Å²) in [5.41, 5.74) is 5.35. The molecule has 0 fully saturated rings. The molecule has 0 aliphatic heterocycles. The molecule has 1 atom stereocenters. The van der Waals surface area contributed by atoms with Crippen LogP contribution in [0.4, 0.5) is 0 Å². The summed E-state index contributed by atoms with van der Waals surface area (Å²) in [5, 5.41) is 3.59. The maximum absolute atomic E-state index is 4.14. The normalized spacial score (nSPS) is 12.3. The van der Waals surface area contributed by atoms with Gasteiger partial charge < -0.3 is 5.32 Å². The topological polar surface area (TPSA) is 24.9 Å². The van der Waals surface area contributed by atoms with Crippen LogP contribution in [0.25, 0.3) is 0 Å². The molecule has 0 spiro atoms. The predicted molar refractivity (Wildman–Crippen MR) is 89.3 cm³/mol. The minimum atomic E-state index is 0.359. The SMILES string of the molecule is CCCCc1ccc(C(C)NCc2ccncc2C)cc1. The Hall–Kier alpha value is -1.67. The molecule has 21 heavy (non-hydrogen) atoms. The van der Waals surface area contributed by atoms with E-state index in [4.69, 9.17) is 0 Å². The third kappa shape index (κ3) is 4.68. The fourth-order valence-corrected chi connectivity index (χ4v) is 2.44. The summed E-state index contributed by atoms with van der Waals surface area (Å²) in [6.45, 7) is 7.45. The molecule has 0 saturated carbocycles. The first-order valence-corrected chi connectivity index (χ1v) is 7.92. The number of aromatic nitrogens is 1. The van der Waals surface area contributed by atoms with Gasteiger partial charge in [0.05, 0.1) is 0 Å². The Balaban J connectivity index is 1.91. The molecule has 112 valence electrons. The van der Waals surface area contributed by atoms with Crippen molar-refractivity contribution >= 4 is 0 Å². The molecule has 0 amide bonds. The zero-order chi connectivity index (χ0) is 15.1. The monoisotopic (exact) mass is 282 g/mol. The average Bonchev–Trinajstić information content (AvgIpc) is 2.52. The zero-order valence-electron chi connectivity index (χ0n) is 13.4. The summed E-state index contributed by atoms with van der Waals surface area (Å²) >= 11 is 0. The van der Waals surface area contributed by atoms with Crippen molar-refractivity contribution in [2.24, 2.45) is 0 Å². The fraction of sp³-hybridized carbons (Fsp3) is 0.421. The molecule has 0 radical (unpaired) electrons. The Morgan fingerprint density at radius 3 is 2.57 bits per heavy atom. The summed E-state index contributed by atoms with van der Waals surface area (Å²) in [6, 6.07) is 11.5. The van der Waals surface area contributed by atoms with Crippen molar-refractivity contribution in [2.45, 2.75) is 52.6 Å². The lowest BCUT2D eigenvalue weighted by molar-refractivity contribution is 0.573. The van der Waals surface area contributed by atoms with Gasteiger partial charge in [-0.2, -0.15) is 0 Å². The van der Waals surface area contributed by atoms with Crippen molar-refractivity contribution in [3.8, 4) is 0 Å². The second kappa shape index (κ2) is 7.94. The van der Waals surface area contributed by atoms with Gasteiger partial charge in [-0.25, -0.2) is 0 Å². The highest BCUT2D eigenvalue weighted by Gasteiger charge is 2.06. The number of hydrogen-bond acceptors (Lipinski definition) is 2. The van der Waals surface area contributed by atoms with E-state index in [0.717, 1.165) is 6.54 Å². The maximum Gasteiger partial charge on any atom is 0.0300 e. The van der Waals surface area contributed by atoms with E-state index < -0.39 is 0 Å². The molecule has 1 N–H and O–H groups in total. The largest absolute Gasteiger partial charge is 0.306 e. The quantitative estimate of drug-likeness (QED) is 0.804. The lowest BCUT2D eigenvalue weighted by Gasteiger charge is -2.15. The van der Waals surface area contributed by atoms with E-state index in [1.807, 2.05) is 12.4 Å². The lowest BCUT2D eigenvalue weighted by Crippen LogP contribution is -2.18. The van der Waals surface area contributed by atoms with Gasteiger partial charge in [-0.05, 0) is 55.0 Å². The summed E-state index contributed by atoms with van der Waals surface area (Å²) in [7, 11) is 0. The van der Waals surface area contributed by atoms with Gasteiger partial charge in [0.15, 0.2) is 0 Å². The summed E-state index contributed by atoms with van der Waals surface area (Å²) in [5.74, 6) is 0. The van der Waals surface area contributed by atoms with Crippen molar-refractivity contribution in [3.63, 3.8) is 0 Å². The van der Waals surface area contributed by atoms with Crippen LogP contribution in [0.2, 0.25) is 0 Å². The second-order valence-electron chi connectivity index (χ2n) is 5.75. The molecule has 0 aliphatic rings. The molecule has 2 nitrogen and oxygen atoms in total. The third-order valence-electron chi connectivity index (χ3n) is 4.03. The molecule has 1 heterocycles. The molecule has 0 saturated heterocycles. The van der Waals surface area contributed by atoms with E-state index in [0.29, 0.717) is 6.04 Å². The Morgan fingerprint density at radius 2 is 1.90 bits per heavy atom. The predicted octanol–water partition coefficient (Wildman–Crippen LogP) is 4.58. The summed E-state index contributed by atoms with van der Waals surface area (Å²) in [6.07, 6.45) is 7.50. The van der Waals surface area contributed by atoms with Crippen molar-refractivity contribution < 1.29 is 0 Å². The first-order chi connectivity index (χ1) is 10.2. The van der Waals surface area contributed by atoms with Crippen LogP contribution in [0.1, 0.15) is 55.0 Å². The van der Waals surface area contributed by atoms with Crippen LogP contribution >= 0.6 is 0 Å². The van der Waals surface area contributed by atoms with Gasteiger partial charge in [0.25, 0.3) is 0 Å². The maximum atomic E-state index is 4.14. The van der Waals surface area contributed by atoms with Gasteiger partial charge in [-0.3, -0.25) is 4.98 Å². The summed E-state index contributed by atoms with van der Waals surface area (Å²) < 4.78 is 0. The third-order valence-corrected chi connectivity index (χ3v) is 4.03. The van der Waals surface area contributed by atoms with Gasteiger partial charge in [0.2, 0.25) is 0 Å². The van der Waals surface area contributed by atoms with Crippen LogP contribution in [-0.2, 0) is 13.0 Å². The standard InChI is InChI=1S/C19H26N2/c1-4-5-6-17-7-9-18(10-8-17)16(3)21-14-19-11-12-20-13-15(19)2/h7-13,16,21H,4-6,14H2,1-3H3. The van der Waals surface area contributed by atoms with Crippen LogP contribution in [0, 0.1) is 6.92 Å². The van der Waals surface area contributed by atoms with Crippen LogP contribution in [0.15, 0.2) is 42.7 Å². The molecule has 2 aromatic rings. The Kier molecular flexibility index (Phi) is 5.94. The number of pyridine rings is 1. The van der Waals surface area contributed by atoms with E-state index >= 15 is 0 Å². The van der Waals surface area contributed by atoms with Crippen molar-refractivity contribution in [1.82, 2.24) is 10.3 Å². The number of rotatable bonds is 7. The van der Waals surface area contributed by atoms with Crippen molar-refractivity contribution in [3.05, 3.63) is 65.0 Å². The molecule has 0 aliphatic carbocycles. The fourth-order valence-electron chi connectivity index (χ4n) is 2.44. The van der Waals surface area contributed by atoms with E-state index in [2.05, 4.69) is 61.4 Å². The lowest BCUT2D eigenvalue weighted by atomic mass is 10.0. The molecule has 2 heteroatoms. The van der Waals surface area contributed by atoms with Crippen LogP contribution in [0.5, 0.6) is 0 Å². The Labute approximate surface area is 128 Å². The zero-order valence-corrected chi connectivity index (χ0v) is 13.4. The molecule has 2 rings (SSSR count). The van der Waals surface area contributed by atoms with Crippen LogP contribution in [-0.4, -0.2) is 4.98 Å². The number of nitrogens with zero attached hydrogens (tertiary/aromatic N) is 1. The van der Waals surface area contributed by atoms with Crippen molar-refractivity contribution in [1.29, 1.82) is 0 Å². The molecular formula is C19H26N2. The van der Waals surface area contributed by atoms with Gasteiger partial charge >= 0.3 is 0 Å². The highest BCUT2D eigenvalue weighted by Crippen LogP contribution is 2.16. The minimum absolute atomic E-state index is 0.359. The molecule has 0 bridgehead atoms.